The molecule has 0 radical (unpaired) electrons. The van der Waals surface area contributed by atoms with Gasteiger partial charge in [-0.1, -0.05) is 13.8 Å². The summed E-state index contributed by atoms with van der Waals surface area (Å²) in [5, 5.41) is 3.69. The predicted molar refractivity (Wildman–Crippen MR) is 60.4 cm³/mol. The van der Waals surface area contributed by atoms with E-state index in [9.17, 15) is 0 Å². The summed E-state index contributed by atoms with van der Waals surface area (Å²) >= 11 is 0. The third-order valence-electron chi connectivity index (χ3n) is 3.50. The predicted octanol–water partition coefficient (Wildman–Crippen LogP) is 2.44. The zero-order valence-electron chi connectivity index (χ0n) is 10.0. The zero-order valence-corrected chi connectivity index (χ0v) is 10.0. The zero-order chi connectivity index (χ0) is 10.6. The van der Waals surface area contributed by atoms with Gasteiger partial charge in [-0.2, -0.15) is 0 Å². The van der Waals surface area contributed by atoms with Crippen molar-refractivity contribution in [2.45, 2.75) is 52.6 Å². The summed E-state index contributed by atoms with van der Waals surface area (Å²) in [5.41, 5.74) is 0. The van der Waals surface area contributed by atoms with Crippen molar-refractivity contribution in [3.8, 4) is 0 Å². The molecule has 1 saturated heterocycles. The van der Waals surface area contributed by atoms with Gasteiger partial charge in [-0.25, -0.2) is 0 Å². The molecule has 1 aliphatic rings. The van der Waals surface area contributed by atoms with Crippen LogP contribution in [0.5, 0.6) is 0 Å². The van der Waals surface area contributed by atoms with Crippen LogP contribution >= 0.6 is 0 Å². The number of nitrogens with one attached hydrogen (secondary N) is 1. The fourth-order valence-corrected chi connectivity index (χ4v) is 1.96. The molecular formula is C12H25NO. The van der Waals surface area contributed by atoms with Crippen molar-refractivity contribution >= 4 is 0 Å². The Morgan fingerprint density at radius 3 is 2.14 bits per heavy atom. The standard InChI is InChI=1S/C12H25NO/c1-9(2)10(3)13-11(4)12-5-7-14-8-6-12/h9-13H,5-8H2,1-4H3. The van der Waals surface area contributed by atoms with E-state index >= 15 is 0 Å². The SMILES string of the molecule is CC(C)C(C)NC(C)C1CCOCC1. The van der Waals surface area contributed by atoms with E-state index in [2.05, 4.69) is 33.0 Å². The third-order valence-corrected chi connectivity index (χ3v) is 3.50. The highest BCUT2D eigenvalue weighted by Crippen LogP contribution is 2.19. The molecule has 2 heteroatoms. The molecule has 14 heavy (non-hydrogen) atoms. The van der Waals surface area contributed by atoms with Crippen LogP contribution in [0.25, 0.3) is 0 Å². The largest absolute Gasteiger partial charge is 0.381 e. The molecule has 1 rings (SSSR count). The molecule has 1 N–H and O–H groups in total. The molecule has 0 saturated carbocycles. The fraction of sp³-hybridized carbons (Fsp3) is 1.00. The molecule has 0 aromatic rings. The van der Waals surface area contributed by atoms with Gasteiger partial charge in [0.15, 0.2) is 0 Å². The minimum atomic E-state index is 0.618. The number of ether oxygens (including phenoxy) is 1. The van der Waals surface area contributed by atoms with E-state index in [1.807, 2.05) is 0 Å². The van der Waals surface area contributed by atoms with Crippen molar-refractivity contribution in [1.82, 2.24) is 5.32 Å². The molecule has 0 spiro atoms. The van der Waals surface area contributed by atoms with Gasteiger partial charge in [0.25, 0.3) is 0 Å². The van der Waals surface area contributed by atoms with Crippen LogP contribution in [-0.4, -0.2) is 25.3 Å². The Kier molecular flexibility index (Phi) is 4.90. The van der Waals surface area contributed by atoms with Crippen molar-refractivity contribution in [3.05, 3.63) is 0 Å². The number of hydrogen-bond donors (Lipinski definition) is 1. The van der Waals surface area contributed by atoms with Crippen LogP contribution in [0.1, 0.15) is 40.5 Å². The van der Waals surface area contributed by atoms with E-state index in [0.717, 1.165) is 25.0 Å². The van der Waals surface area contributed by atoms with E-state index in [0.29, 0.717) is 12.1 Å². The first-order chi connectivity index (χ1) is 6.61. The topological polar surface area (TPSA) is 21.3 Å². The molecular weight excluding hydrogens is 174 g/mol. The van der Waals surface area contributed by atoms with E-state index in [4.69, 9.17) is 4.74 Å². The maximum atomic E-state index is 5.37. The first-order valence-electron chi connectivity index (χ1n) is 5.95. The van der Waals surface area contributed by atoms with Crippen LogP contribution in [0.4, 0.5) is 0 Å². The van der Waals surface area contributed by atoms with Gasteiger partial charge < -0.3 is 10.1 Å². The van der Waals surface area contributed by atoms with Gasteiger partial charge in [0.05, 0.1) is 0 Å². The molecule has 1 heterocycles. The number of hydrogen-bond acceptors (Lipinski definition) is 2. The lowest BCUT2D eigenvalue weighted by Gasteiger charge is -2.31. The summed E-state index contributed by atoms with van der Waals surface area (Å²) in [7, 11) is 0. The molecule has 0 bridgehead atoms. The first-order valence-corrected chi connectivity index (χ1v) is 5.95. The summed E-state index contributed by atoms with van der Waals surface area (Å²) < 4.78 is 5.37. The monoisotopic (exact) mass is 199 g/mol. The van der Waals surface area contributed by atoms with Crippen LogP contribution in [0, 0.1) is 11.8 Å². The summed E-state index contributed by atoms with van der Waals surface area (Å²) in [4.78, 5) is 0. The Labute approximate surface area is 88.4 Å². The fourth-order valence-electron chi connectivity index (χ4n) is 1.96. The van der Waals surface area contributed by atoms with Crippen molar-refractivity contribution in [2.75, 3.05) is 13.2 Å². The van der Waals surface area contributed by atoms with Gasteiger partial charge in [-0.05, 0) is 38.5 Å². The van der Waals surface area contributed by atoms with Crippen LogP contribution in [-0.2, 0) is 4.74 Å². The molecule has 0 aliphatic carbocycles. The second-order valence-corrected chi connectivity index (χ2v) is 4.94. The first kappa shape index (κ1) is 12.0. The van der Waals surface area contributed by atoms with Gasteiger partial charge in [-0.15, -0.1) is 0 Å². The van der Waals surface area contributed by atoms with Crippen molar-refractivity contribution in [3.63, 3.8) is 0 Å². The highest BCUT2D eigenvalue weighted by Gasteiger charge is 2.21. The maximum Gasteiger partial charge on any atom is 0.0469 e. The third kappa shape index (κ3) is 3.58. The van der Waals surface area contributed by atoms with Gasteiger partial charge in [0, 0.05) is 25.3 Å². The summed E-state index contributed by atoms with van der Waals surface area (Å²) in [5.74, 6) is 1.53. The van der Waals surface area contributed by atoms with Crippen LogP contribution in [0.3, 0.4) is 0 Å². The van der Waals surface area contributed by atoms with Crippen molar-refractivity contribution < 1.29 is 4.74 Å². The Balaban J connectivity index is 2.28. The Bertz CT molecular complexity index is 152. The van der Waals surface area contributed by atoms with Gasteiger partial charge in [0.1, 0.15) is 0 Å². The van der Waals surface area contributed by atoms with Crippen LogP contribution in [0.15, 0.2) is 0 Å². The number of rotatable bonds is 4. The summed E-state index contributed by atoms with van der Waals surface area (Å²) in [6.07, 6.45) is 2.44. The quantitative estimate of drug-likeness (QED) is 0.751. The summed E-state index contributed by atoms with van der Waals surface area (Å²) in [6.45, 7) is 11.0. The maximum absolute atomic E-state index is 5.37. The molecule has 2 unspecified atom stereocenters. The second kappa shape index (κ2) is 5.72. The minimum absolute atomic E-state index is 0.618. The van der Waals surface area contributed by atoms with Gasteiger partial charge in [0.2, 0.25) is 0 Å². The van der Waals surface area contributed by atoms with Gasteiger partial charge >= 0.3 is 0 Å². The second-order valence-electron chi connectivity index (χ2n) is 4.94. The molecule has 84 valence electrons. The Hall–Kier alpha value is -0.0800. The van der Waals surface area contributed by atoms with E-state index in [-0.39, 0.29) is 0 Å². The average Bonchev–Trinajstić information content (AvgIpc) is 2.19. The summed E-state index contributed by atoms with van der Waals surface area (Å²) in [6, 6.07) is 1.25. The van der Waals surface area contributed by atoms with Crippen LogP contribution in [0.2, 0.25) is 0 Å². The normalized spacial score (nSPS) is 23.8. The molecule has 1 fully saturated rings. The van der Waals surface area contributed by atoms with Crippen molar-refractivity contribution in [1.29, 1.82) is 0 Å². The average molecular weight is 199 g/mol. The molecule has 0 aromatic heterocycles. The lowest BCUT2D eigenvalue weighted by Crippen LogP contribution is -2.43. The van der Waals surface area contributed by atoms with E-state index < -0.39 is 0 Å². The Morgan fingerprint density at radius 1 is 1.07 bits per heavy atom. The van der Waals surface area contributed by atoms with E-state index in [1.54, 1.807) is 0 Å². The van der Waals surface area contributed by atoms with E-state index in [1.165, 1.54) is 12.8 Å². The van der Waals surface area contributed by atoms with Gasteiger partial charge in [-0.3, -0.25) is 0 Å². The molecule has 2 nitrogen and oxygen atoms in total. The Morgan fingerprint density at radius 2 is 1.64 bits per heavy atom. The lowest BCUT2D eigenvalue weighted by molar-refractivity contribution is 0.0539. The van der Waals surface area contributed by atoms with Crippen LogP contribution < -0.4 is 5.32 Å². The molecule has 0 aromatic carbocycles. The molecule has 2 atom stereocenters. The highest BCUT2D eigenvalue weighted by molar-refractivity contribution is 4.78. The molecule has 1 aliphatic heterocycles. The lowest BCUT2D eigenvalue weighted by atomic mass is 9.91. The molecule has 0 amide bonds. The minimum Gasteiger partial charge on any atom is -0.381 e. The highest BCUT2D eigenvalue weighted by atomic mass is 16.5. The van der Waals surface area contributed by atoms with Crippen molar-refractivity contribution in [2.24, 2.45) is 11.8 Å². The smallest absolute Gasteiger partial charge is 0.0469 e.